The van der Waals surface area contributed by atoms with Crippen LogP contribution < -0.4 is 0 Å². The largest absolute Gasteiger partial charge is 0.411 e. The Morgan fingerprint density at radius 2 is 2.00 bits per heavy atom. The van der Waals surface area contributed by atoms with Gasteiger partial charge in [0.05, 0.1) is 6.21 Å². The van der Waals surface area contributed by atoms with Gasteiger partial charge in [-0.25, -0.2) is 0 Å². The summed E-state index contributed by atoms with van der Waals surface area (Å²) in [4.78, 5) is 0. The molecule has 0 aliphatic heterocycles. The molecule has 1 rings (SSSR count). The molecule has 0 unspecified atom stereocenters. The van der Waals surface area contributed by atoms with Crippen LogP contribution in [0.3, 0.4) is 0 Å². The Bertz CT molecular complexity index is 350. The molecule has 14 heavy (non-hydrogen) atoms. The van der Waals surface area contributed by atoms with E-state index in [9.17, 15) is 0 Å². The molecule has 0 spiro atoms. The van der Waals surface area contributed by atoms with E-state index in [1.807, 2.05) is 49.4 Å². The minimum atomic E-state index is 1.03. The standard InChI is InChI=1S/C12H13NO/c1-11(9-10-13-14)7-8-12-5-3-2-4-6-12/h2-10,14H,1H3/b8-7+,11-9-,13-10+. The van der Waals surface area contributed by atoms with Crippen molar-refractivity contribution in [2.24, 2.45) is 5.16 Å². The summed E-state index contributed by atoms with van der Waals surface area (Å²) in [6.07, 6.45) is 7.07. The Hall–Kier alpha value is -1.83. The van der Waals surface area contributed by atoms with Gasteiger partial charge in [-0.05, 0) is 24.1 Å². The van der Waals surface area contributed by atoms with Crippen LogP contribution >= 0.6 is 0 Å². The van der Waals surface area contributed by atoms with Crippen molar-refractivity contribution in [3.63, 3.8) is 0 Å². The number of hydrogen-bond acceptors (Lipinski definition) is 2. The van der Waals surface area contributed by atoms with Crippen molar-refractivity contribution >= 4 is 12.3 Å². The van der Waals surface area contributed by atoms with Gasteiger partial charge in [-0.2, -0.15) is 0 Å². The average Bonchev–Trinajstić information content (AvgIpc) is 2.25. The predicted octanol–water partition coefficient (Wildman–Crippen LogP) is 3.11. The van der Waals surface area contributed by atoms with Crippen molar-refractivity contribution < 1.29 is 5.21 Å². The summed E-state index contributed by atoms with van der Waals surface area (Å²) in [6, 6.07) is 10.0. The van der Waals surface area contributed by atoms with Crippen LogP contribution in [0.1, 0.15) is 12.5 Å². The van der Waals surface area contributed by atoms with E-state index in [1.165, 1.54) is 6.21 Å². The van der Waals surface area contributed by atoms with Gasteiger partial charge in [0, 0.05) is 0 Å². The van der Waals surface area contributed by atoms with Gasteiger partial charge < -0.3 is 5.21 Å². The zero-order valence-corrected chi connectivity index (χ0v) is 8.09. The summed E-state index contributed by atoms with van der Waals surface area (Å²) in [6.45, 7) is 1.95. The molecule has 0 aliphatic carbocycles. The first-order valence-corrected chi connectivity index (χ1v) is 4.40. The van der Waals surface area contributed by atoms with E-state index in [2.05, 4.69) is 5.16 Å². The lowest BCUT2D eigenvalue weighted by Gasteiger charge is -1.91. The Morgan fingerprint density at radius 1 is 1.29 bits per heavy atom. The van der Waals surface area contributed by atoms with E-state index in [4.69, 9.17) is 5.21 Å². The zero-order chi connectivity index (χ0) is 10.2. The lowest BCUT2D eigenvalue weighted by atomic mass is 10.2. The number of benzene rings is 1. The lowest BCUT2D eigenvalue weighted by Crippen LogP contribution is -1.72. The van der Waals surface area contributed by atoms with E-state index in [0.717, 1.165) is 11.1 Å². The number of hydrogen-bond donors (Lipinski definition) is 1. The molecule has 0 radical (unpaired) electrons. The Labute approximate surface area is 83.9 Å². The SMILES string of the molecule is CC(=C/C=N/O)/C=C/c1ccccc1. The maximum atomic E-state index is 8.20. The Balaban J connectivity index is 2.65. The smallest absolute Gasteiger partial charge is 0.0664 e. The summed E-state index contributed by atoms with van der Waals surface area (Å²) in [5.41, 5.74) is 2.19. The third-order valence-corrected chi connectivity index (χ3v) is 1.74. The van der Waals surface area contributed by atoms with Gasteiger partial charge >= 0.3 is 0 Å². The van der Waals surface area contributed by atoms with Crippen molar-refractivity contribution in [2.45, 2.75) is 6.92 Å². The summed E-state index contributed by atoms with van der Waals surface area (Å²) in [5, 5.41) is 11.1. The van der Waals surface area contributed by atoms with E-state index in [-0.39, 0.29) is 0 Å². The van der Waals surface area contributed by atoms with Gasteiger partial charge in [-0.15, -0.1) is 0 Å². The fourth-order valence-electron chi connectivity index (χ4n) is 0.998. The van der Waals surface area contributed by atoms with E-state index in [1.54, 1.807) is 6.08 Å². The van der Waals surface area contributed by atoms with Gasteiger partial charge in [-0.1, -0.05) is 47.6 Å². The third-order valence-electron chi connectivity index (χ3n) is 1.74. The first kappa shape index (κ1) is 10.3. The number of nitrogens with zero attached hydrogens (tertiary/aromatic N) is 1. The van der Waals surface area contributed by atoms with Crippen LogP contribution in [-0.4, -0.2) is 11.4 Å². The molecule has 0 atom stereocenters. The molecule has 2 heteroatoms. The van der Waals surface area contributed by atoms with Crippen LogP contribution in [0.2, 0.25) is 0 Å². The lowest BCUT2D eigenvalue weighted by molar-refractivity contribution is 0.322. The summed E-state index contributed by atoms with van der Waals surface area (Å²) < 4.78 is 0. The maximum absolute atomic E-state index is 8.20. The molecular weight excluding hydrogens is 174 g/mol. The highest BCUT2D eigenvalue weighted by Gasteiger charge is 1.83. The van der Waals surface area contributed by atoms with Crippen molar-refractivity contribution in [2.75, 3.05) is 0 Å². The van der Waals surface area contributed by atoms with Crippen LogP contribution in [0.15, 0.2) is 53.2 Å². The molecule has 0 amide bonds. The molecule has 2 nitrogen and oxygen atoms in total. The van der Waals surface area contributed by atoms with Gasteiger partial charge in [0.1, 0.15) is 0 Å². The molecule has 72 valence electrons. The molecule has 1 aromatic rings. The van der Waals surface area contributed by atoms with E-state index in [0.29, 0.717) is 0 Å². The van der Waals surface area contributed by atoms with Crippen molar-refractivity contribution in [1.29, 1.82) is 0 Å². The molecule has 1 N–H and O–H groups in total. The average molecular weight is 187 g/mol. The van der Waals surface area contributed by atoms with Gasteiger partial charge in [0.15, 0.2) is 0 Å². The first-order chi connectivity index (χ1) is 6.83. The fraction of sp³-hybridized carbons (Fsp3) is 0.0833. The van der Waals surface area contributed by atoms with E-state index < -0.39 is 0 Å². The quantitative estimate of drug-likeness (QED) is 0.335. The number of oxime groups is 1. The predicted molar refractivity (Wildman–Crippen MR) is 59.5 cm³/mol. The fourth-order valence-corrected chi connectivity index (χ4v) is 0.998. The molecule has 0 saturated carbocycles. The summed E-state index contributed by atoms with van der Waals surface area (Å²) in [7, 11) is 0. The summed E-state index contributed by atoms with van der Waals surface area (Å²) >= 11 is 0. The summed E-state index contributed by atoms with van der Waals surface area (Å²) in [5.74, 6) is 0. The highest BCUT2D eigenvalue weighted by molar-refractivity contribution is 5.72. The maximum Gasteiger partial charge on any atom is 0.0664 e. The van der Waals surface area contributed by atoms with Gasteiger partial charge in [0.25, 0.3) is 0 Å². The Morgan fingerprint density at radius 3 is 2.64 bits per heavy atom. The van der Waals surface area contributed by atoms with Crippen LogP contribution in [0, 0.1) is 0 Å². The highest BCUT2D eigenvalue weighted by Crippen LogP contribution is 2.03. The molecule has 1 aromatic carbocycles. The topological polar surface area (TPSA) is 32.6 Å². The minimum Gasteiger partial charge on any atom is -0.411 e. The number of rotatable bonds is 3. The molecule has 0 heterocycles. The molecule has 0 aliphatic rings. The second kappa shape index (κ2) is 5.75. The van der Waals surface area contributed by atoms with E-state index >= 15 is 0 Å². The second-order valence-corrected chi connectivity index (χ2v) is 2.92. The van der Waals surface area contributed by atoms with Crippen molar-refractivity contribution in [3.8, 4) is 0 Å². The zero-order valence-electron chi connectivity index (χ0n) is 8.09. The van der Waals surface area contributed by atoms with Crippen LogP contribution in [-0.2, 0) is 0 Å². The van der Waals surface area contributed by atoms with Crippen molar-refractivity contribution in [3.05, 3.63) is 53.6 Å². The number of allylic oxidation sites excluding steroid dienone is 3. The van der Waals surface area contributed by atoms with Crippen LogP contribution in [0.4, 0.5) is 0 Å². The molecular formula is C12H13NO. The Kier molecular flexibility index (Phi) is 4.21. The van der Waals surface area contributed by atoms with Gasteiger partial charge in [-0.3, -0.25) is 0 Å². The molecule has 0 saturated heterocycles. The normalized spacial score (nSPS) is 12.8. The monoisotopic (exact) mass is 187 g/mol. The molecule has 0 aromatic heterocycles. The van der Waals surface area contributed by atoms with Gasteiger partial charge in [0.2, 0.25) is 0 Å². The van der Waals surface area contributed by atoms with Crippen molar-refractivity contribution in [1.82, 2.24) is 0 Å². The molecule has 0 bridgehead atoms. The highest BCUT2D eigenvalue weighted by atomic mass is 16.4. The third kappa shape index (κ3) is 3.72. The molecule has 0 fully saturated rings. The first-order valence-electron chi connectivity index (χ1n) is 4.40. The van der Waals surface area contributed by atoms with Crippen LogP contribution in [0.5, 0.6) is 0 Å². The minimum absolute atomic E-state index is 1.03. The second-order valence-electron chi connectivity index (χ2n) is 2.92. The van der Waals surface area contributed by atoms with Crippen LogP contribution in [0.25, 0.3) is 6.08 Å².